The molecule has 6 nitrogen and oxygen atoms in total. The van der Waals surface area contributed by atoms with Gasteiger partial charge >= 0.3 is 0 Å². The smallest absolute Gasteiger partial charge is 0.0908 e. The second-order valence-corrected chi connectivity index (χ2v) is 2.58. The summed E-state index contributed by atoms with van der Waals surface area (Å²) in [6.45, 7) is 0.417. The molecule has 0 aromatic rings. The summed E-state index contributed by atoms with van der Waals surface area (Å²) in [5, 5.41) is 18.2. The van der Waals surface area contributed by atoms with E-state index in [-0.39, 0.29) is 18.7 Å². The summed E-state index contributed by atoms with van der Waals surface area (Å²) in [6.07, 6.45) is -0.661. The molecule has 0 aliphatic carbocycles. The zero-order valence-electron chi connectivity index (χ0n) is 6.12. The highest BCUT2D eigenvalue weighted by Gasteiger charge is 2.29. The van der Waals surface area contributed by atoms with Crippen molar-refractivity contribution in [1.82, 2.24) is 16.3 Å². The van der Waals surface area contributed by atoms with Crippen LogP contribution in [0.1, 0.15) is 0 Å². The number of aliphatic hydroxyl groups is 2. The number of nitrogens with two attached hydrogens (primary N) is 1. The van der Waals surface area contributed by atoms with Crippen molar-refractivity contribution in [2.24, 2.45) is 5.84 Å². The third-order valence-electron chi connectivity index (χ3n) is 1.84. The summed E-state index contributed by atoms with van der Waals surface area (Å²) in [5.41, 5.74) is 8.00. The molecule has 1 aliphatic heterocycles. The minimum Gasteiger partial charge on any atom is -0.395 e. The van der Waals surface area contributed by atoms with Crippen molar-refractivity contribution in [2.75, 3.05) is 13.2 Å². The van der Waals surface area contributed by atoms with E-state index in [2.05, 4.69) is 16.3 Å². The molecule has 0 bridgehead atoms. The molecule has 0 saturated carbocycles. The topological polar surface area (TPSA) is 103 Å². The second-order valence-electron chi connectivity index (χ2n) is 2.58. The molecule has 0 aromatic heterocycles. The Morgan fingerprint density at radius 3 is 2.91 bits per heavy atom. The first-order valence-electron chi connectivity index (χ1n) is 3.53. The van der Waals surface area contributed by atoms with E-state index in [1.54, 1.807) is 0 Å². The molecule has 1 rings (SSSR count). The van der Waals surface area contributed by atoms with Crippen molar-refractivity contribution in [3.63, 3.8) is 0 Å². The van der Waals surface area contributed by atoms with E-state index in [0.717, 1.165) is 0 Å². The van der Waals surface area contributed by atoms with E-state index >= 15 is 0 Å². The van der Waals surface area contributed by atoms with Crippen LogP contribution in [-0.2, 0) is 0 Å². The molecule has 1 heterocycles. The maximum absolute atomic E-state index is 9.42. The van der Waals surface area contributed by atoms with Crippen LogP contribution < -0.4 is 22.1 Å². The van der Waals surface area contributed by atoms with Gasteiger partial charge in [-0.15, -0.1) is 0 Å². The van der Waals surface area contributed by atoms with E-state index in [1.807, 2.05) is 0 Å². The highest BCUT2D eigenvalue weighted by Crippen LogP contribution is 2.01. The quantitative estimate of drug-likeness (QED) is 0.187. The molecular formula is C5H14N4O2. The van der Waals surface area contributed by atoms with Crippen LogP contribution in [0, 0.1) is 0 Å². The van der Waals surface area contributed by atoms with E-state index in [9.17, 15) is 5.11 Å². The lowest BCUT2D eigenvalue weighted by Crippen LogP contribution is -2.66. The van der Waals surface area contributed by atoms with Gasteiger partial charge in [-0.3, -0.25) is 16.7 Å². The van der Waals surface area contributed by atoms with E-state index < -0.39 is 6.10 Å². The van der Waals surface area contributed by atoms with Gasteiger partial charge in [0.05, 0.1) is 24.8 Å². The average Bonchev–Trinajstić information content (AvgIpc) is 2.05. The first-order valence-corrected chi connectivity index (χ1v) is 3.53. The van der Waals surface area contributed by atoms with Crippen molar-refractivity contribution < 1.29 is 10.2 Å². The monoisotopic (exact) mass is 162 g/mol. The molecular weight excluding hydrogens is 148 g/mol. The van der Waals surface area contributed by atoms with Crippen LogP contribution in [0.15, 0.2) is 0 Å². The van der Waals surface area contributed by atoms with Gasteiger partial charge in [0, 0.05) is 6.54 Å². The predicted molar refractivity (Wildman–Crippen MR) is 39.1 cm³/mol. The van der Waals surface area contributed by atoms with Crippen molar-refractivity contribution in [1.29, 1.82) is 0 Å². The third kappa shape index (κ3) is 1.86. The van der Waals surface area contributed by atoms with Gasteiger partial charge in [-0.25, -0.2) is 5.43 Å². The fourth-order valence-corrected chi connectivity index (χ4v) is 1.10. The van der Waals surface area contributed by atoms with Crippen LogP contribution in [0.4, 0.5) is 0 Å². The van der Waals surface area contributed by atoms with Crippen LogP contribution in [0.3, 0.4) is 0 Å². The fourth-order valence-electron chi connectivity index (χ4n) is 1.10. The van der Waals surface area contributed by atoms with Crippen LogP contribution in [0.25, 0.3) is 0 Å². The Bertz CT molecular complexity index is 111. The Hall–Kier alpha value is -0.240. The maximum Gasteiger partial charge on any atom is 0.0908 e. The molecule has 0 aromatic carbocycles. The summed E-state index contributed by atoms with van der Waals surface area (Å²) >= 11 is 0. The first-order chi connectivity index (χ1) is 5.29. The summed E-state index contributed by atoms with van der Waals surface area (Å²) in [7, 11) is 0. The highest BCUT2D eigenvalue weighted by molar-refractivity contribution is 4.88. The van der Waals surface area contributed by atoms with Crippen LogP contribution >= 0.6 is 0 Å². The molecule has 1 aliphatic rings. The normalized spacial score (nSPS) is 39.0. The molecule has 0 amide bonds. The number of hydrazine groups is 2. The number of aliphatic hydroxyl groups excluding tert-OH is 2. The molecule has 1 saturated heterocycles. The van der Waals surface area contributed by atoms with Crippen LogP contribution in [-0.4, -0.2) is 41.6 Å². The Morgan fingerprint density at radius 1 is 1.64 bits per heavy atom. The van der Waals surface area contributed by atoms with Crippen LogP contribution in [0.5, 0.6) is 0 Å². The number of rotatable bonds is 2. The summed E-state index contributed by atoms with van der Waals surface area (Å²) in [6, 6.07) is -0.571. The number of nitrogens with one attached hydrogen (secondary N) is 3. The summed E-state index contributed by atoms with van der Waals surface area (Å²) in [4.78, 5) is 0. The average molecular weight is 162 g/mol. The predicted octanol–water partition coefficient (Wildman–Crippen LogP) is -3.35. The van der Waals surface area contributed by atoms with E-state index in [0.29, 0.717) is 6.54 Å². The third-order valence-corrected chi connectivity index (χ3v) is 1.84. The lowest BCUT2D eigenvalue weighted by Gasteiger charge is -2.34. The van der Waals surface area contributed by atoms with Gasteiger partial charge in [0.25, 0.3) is 0 Å². The molecule has 0 radical (unpaired) electrons. The molecule has 1 fully saturated rings. The maximum atomic E-state index is 9.42. The summed E-state index contributed by atoms with van der Waals surface area (Å²) < 4.78 is 0. The SMILES string of the molecule is NN[C@H]1CNN[C@@H](CO)[C@@H]1O. The zero-order valence-corrected chi connectivity index (χ0v) is 6.12. The van der Waals surface area contributed by atoms with Gasteiger partial charge in [-0.1, -0.05) is 0 Å². The summed E-state index contributed by atoms with van der Waals surface area (Å²) in [5.74, 6) is 5.15. The number of hydrogen-bond donors (Lipinski definition) is 6. The van der Waals surface area contributed by atoms with Gasteiger partial charge < -0.3 is 10.2 Å². The number of hydrogen-bond acceptors (Lipinski definition) is 6. The molecule has 11 heavy (non-hydrogen) atoms. The largest absolute Gasteiger partial charge is 0.395 e. The Kier molecular flexibility index (Phi) is 3.18. The molecule has 66 valence electrons. The van der Waals surface area contributed by atoms with Gasteiger partial charge in [-0.2, -0.15) is 0 Å². The molecule has 3 atom stereocenters. The van der Waals surface area contributed by atoms with Gasteiger partial charge in [0.1, 0.15) is 0 Å². The Morgan fingerprint density at radius 2 is 2.36 bits per heavy atom. The van der Waals surface area contributed by atoms with Gasteiger partial charge in [0.15, 0.2) is 0 Å². The molecule has 0 spiro atoms. The Labute approximate surface area is 64.7 Å². The minimum atomic E-state index is -0.661. The Balaban J connectivity index is 2.45. The van der Waals surface area contributed by atoms with Crippen molar-refractivity contribution in [2.45, 2.75) is 18.2 Å². The van der Waals surface area contributed by atoms with Gasteiger partial charge in [0.2, 0.25) is 0 Å². The minimum absolute atomic E-state index is 0.119. The first kappa shape index (κ1) is 8.85. The van der Waals surface area contributed by atoms with Crippen molar-refractivity contribution >= 4 is 0 Å². The fraction of sp³-hybridized carbons (Fsp3) is 1.00. The zero-order chi connectivity index (χ0) is 8.27. The standard InChI is InChI=1S/C5H14N4O2/c6-8-3-1-7-9-4(2-10)5(3)11/h3-5,7-11H,1-2,6H2/t3-,4-,5+/m0/s1. The molecule has 0 unspecified atom stereocenters. The van der Waals surface area contributed by atoms with Crippen molar-refractivity contribution in [3.05, 3.63) is 0 Å². The lowest BCUT2D eigenvalue weighted by molar-refractivity contribution is 0.0280. The molecule has 7 N–H and O–H groups in total. The van der Waals surface area contributed by atoms with Crippen molar-refractivity contribution in [3.8, 4) is 0 Å². The molecule has 6 heteroatoms. The van der Waals surface area contributed by atoms with E-state index in [4.69, 9.17) is 10.9 Å². The van der Waals surface area contributed by atoms with Gasteiger partial charge in [-0.05, 0) is 0 Å². The van der Waals surface area contributed by atoms with E-state index in [1.165, 1.54) is 0 Å². The second kappa shape index (κ2) is 3.96. The lowest BCUT2D eigenvalue weighted by atomic mass is 10.0. The van der Waals surface area contributed by atoms with Crippen LogP contribution in [0.2, 0.25) is 0 Å². The highest BCUT2D eigenvalue weighted by atomic mass is 16.3.